The summed E-state index contributed by atoms with van der Waals surface area (Å²) >= 11 is 0. The Morgan fingerprint density at radius 3 is 2.93 bits per heavy atom. The molecule has 14 heavy (non-hydrogen) atoms. The first-order valence-corrected chi connectivity index (χ1v) is 5.09. The smallest absolute Gasteiger partial charge is 0.0459 e. The summed E-state index contributed by atoms with van der Waals surface area (Å²) in [6, 6.07) is 8.59. The summed E-state index contributed by atoms with van der Waals surface area (Å²) in [5, 5.41) is 4.65. The quantitative estimate of drug-likeness (QED) is 0.761. The second-order valence-electron chi connectivity index (χ2n) is 3.61. The molecule has 0 fully saturated rings. The Labute approximate surface area is 84.3 Å². The van der Waals surface area contributed by atoms with E-state index in [2.05, 4.69) is 48.4 Å². The fourth-order valence-corrected chi connectivity index (χ4v) is 1.72. The summed E-state index contributed by atoms with van der Waals surface area (Å²) in [5.74, 6) is 0. The summed E-state index contributed by atoms with van der Waals surface area (Å²) in [5.41, 5.74) is 3.83. The number of benzene rings is 1. The van der Waals surface area contributed by atoms with Gasteiger partial charge in [0.2, 0.25) is 0 Å². The monoisotopic (exact) mass is 188 g/mol. The van der Waals surface area contributed by atoms with Crippen molar-refractivity contribution in [1.29, 1.82) is 0 Å². The Balaban J connectivity index is 2.36. The molecule has 0 amide bonds. The molecule has 0 aliphatic heterocycles. The molecule has 0 spiro atoms. The summed E-state index contributed by atoms with van der Waals surface area (Å²) in [6.45, 7) is 6.19. The zero-order chi connectivity index (χ0) is 9.97. The van der Waals surface area contributed by atoms with E-state index in [9.17, 15) is 0 Å². The standard InChI is InChI=1S/C12H16N2/c1-3-13-8-10-7-11-9(2)5-4-6-12(11)14-10/h4-7,13-14H,3,8H2,1-2H3. The van der Waals surface area contributed by atoms with Gasteiger partial charge in [-0.3, -0.25) is 0 Å². The molecule has 0 aliphatic carbocycles. The van der Waals surface area contributed by atoms with Gasteiger partial charge in [0.15, 0.2) is 0 Å². The van der Waals surface area contributed by atoms with Gasteiger partial charge in [0.25, 0.3) is 0 Å². The molecule has 2 rings (SSSR count). The van der Waals surface area contributed by atoms with Crippen LogP contribution < -0.4 is 5.32 Å². The van der Waals surface area contributed by atoms with Gasteiger partial charge < -0.3 is 10.3 Å². The van der Waals surface area contributed by atoms with Crippen LogP contribution in [0.3, 0.4) is 0 Å². The van der Waals surface area contributed by atoms with Crippen molar-refractivity contribution in [3.8, 4) is 0 Å². The van der Waals surface area contributed by atoms with E-state index >= 15 is 0 Å². The van der Waals surface area contributed by atoms with Crippen LogP contribution in [-0.2, 0) is 6.54 Å². The molecule has 0 saturated heterocycles. The highest BCUT2D eigenvalue weighted by molar-refractivity contribution is 5.83. The summed E-state index contributed by atoms with van der Waals surface area (Å²) in [6.07, 6.45) is 0. The molecule has 0 aliphatic rings. The second kappa shape index (κ2) is 3.84. The van der Waals surface area contributed by atoms with Gasteiger partial charge in [0.1, 0.15) is 0 Å². The van der Waals surface area contributed by atoms with E-state index in [1.165, 1.54) is 22.2 Å². The maximum Gasteiger partial charge on any atom is 0.0459 e. The molecular formula is C12H16N2. The van der Waals surface area contributed by atoms with Crippen molar-refractivity contribution in [2.24, 2.45) is 0 Å². The lowest BCUT2D eigenvalue weighted by atomic mass is 10.1. The molecule has 2 N–H and O–H groups in total. The van der Waals surface area contributed by atoms with Gasteiger partial charge in [0.05, 0.1) is 0 Å². The maximum atomic E-state index is 3.41. The number of hydrogen-bond donors (Lipinski definition) is 2. The molecule has 1 heterocycles. The van der Waals surface area contributed by atoms with Crippen LogP contribution in [0.25, 0.3) is 10.9 Å². The third-order valence-electron chi connectivity index (χ3n) is 2.50. The molecule has 2 heteroatoms. The molecule has 0 unspecified atom stereocenters. The lowest BCUT2D eigenvalue weighted by Crippen LogP contribution is -2.11. The molecule has 1 aromatic carbocycles. The highest BCUT2D eigenvalue weighted by atomic mass is 14.9. The molecule has 0 radical (unpaired) electrons. The largest absolute Gasteiger partial charge is 0.357 e. The van der Waals surface area contributed by atoms with Crippen LogP contribution in [0.2, 0.25) is 0 Å². The lowest BCUT2D eigenvalue weighted by Gasteiger charge is -1.96. The Morgan fingerprint density at radius 2 is 2.21 bits per heavy atom. The van der Waals surface area contributed by atoms with E-state index in [1.807, 2.05) is 0 Å². The third kappa shape index (κ3) is 1.66. The van der Waals surface area contributed by atoms with Crippen LogP contribution in [-0.4, -0.2) is 11.5 Å². The lowest BCUT2D eigenvalue weighted by molar-refractivity contribution is 0.715. The van der Waals surface area contributed by atoms with Crippen molar-refractivity contribution in [3.63, 3.8) is 0 Å². The van der Waals surface area contributed by atoms with Gasteiger partial charge in [0, 0.05) is 23.1 Å². The summed E-state index contributed by atoms with van der Waals surface area (Å²) in [7, 11) is 0. The minimum Gasteiger partial charge on any atom is -0.357 e. The number of aromatic nitrogens is 1. The predicted octanol–water partition coefficient (Wildman–Crippen LogP) is 2.59. The topological polar surface area (TPSA) is 27.8 Å². The normalized spacial score (nSPS) is 11.0. The Kier molecular flexibility index (Phi) is 2.55. The minimum atomic E-state index is 0.921. The van der Waals surface area contributed by atoms with Crippen molar-refractivity contribution in [2.45, 2.75) is 20.4 Å². The maximum absolute atomic E-state index is 3.41. The van der Waals surface area contributed by atoms with Crippen LogP contribution in [0.1, 0.15) is 18.2 Å². The number of hydrogen-bond acceptors (Lipinski definition) is 1. The van der Waals surface area contributed by atoms with E-state index in [0.29, 0.717) is 0 Å². The molecule has 2 nitrogen and oxygen atoms in total. The Hall–Kier alpha value is -1.28. The average molecular weight is 188 g/mol. The number of fused-ring (bicyclic) bond motifs is 1. The van der Waals surface area contributed by atoms with Gasteiger partial charge in [-0.2, -0.15) is 0 Å². The SMILES string of the molecule is CCNCc1cc2c(C)cccc2[nH]1. The van der Waals surface area contributed by atoms with E-state index in [4.69, 9.17) is 0 Å². The minimum absolute atomic E-state index is 0.921. The van der Waals surface area contributed by atoms with Gasteiger partial charge >= 0.3 is 0 Å². The number of aryl methyl sites for hydroxylation is 1. The predicted molar refractivity (Wildman–Crippen MR) is 60.4 cm³/mol. The fraction of sp³-hybridized carbons (Fsp3) is 0.333. The molecule has 74 valence electrons. The zero-order valence-corrected chi connectivity index (χ0v) is 8.72. The van der Waals surface area contributed by atoms with Crippen LogP contribution >= 0.6 is 0 Å². The first kappa shape index (κ1) is 9.28. The Bertz CT molecular complexity index is 429. The first-order chi connectivity index (χ1) is 6.81. The molecular weight excluding hydrogens is 172 g/mol. The molecule has 0 atom stereocenters. The summed E-state index contributed by atoms with van der Waals surface area (Å²) < 4.78 is 0. The van der Waals surface area contributed by atoms with E-state index in [0.717, 1.165) is 13.1 Å². The number of aromatic amines is 1. The van der Waals surface area contributed by atoms with Gasteiger partial charge in [-0.25, -0.2) is 0 Å². The van der Waals surface area contributed by atoms with Crippen LogP contribution in [0.4, 0.5) is 0 Å². The number of rotatable bonds is 3. The van der Waals surface area contributed by atoms with Crippen LogP contribution in [0.15, 0.2) is 24.3 Å². The molecule has 1 aromatic heterocycles. The number of H-pyrrole nitrogens is 1. The van der Waals surface area contributed by atoms with Crippen molar-refractivity contribution < 1.29 is 0 Å². The van der Waals surface area contributed by atoms with Crippen LogP contribution in [0.5, 0.6) is 0 Å². The Morgan fingerprint density at radius 1 is 1.36 bits per heavy atom. The third-order valence-corrected chi connectivity index (χ3v) is 2.50. The average Bonchev–Trinajstić information content (AvgIpc) is 2.59. The van der Waals surface area contributed by atoms with Gasteiger partial charge in [-0.1, -0.05) is 19.1 Å². The van der Waals surface area contributed by atoms with Crippen molar-refractivity contribution in [2.75, 3.05) is 6.54 Å². The first-order valence-electron chi connectivity index (χ1n) is 5.09. The van der Waals surface area contributed by atoms with Crippen LogP contribution in [0, 0.1) is 6.92 Å². The van der Waals surface area contributed by atoms with E-state index in [-0.39, 0.29) is 0 Å². The number of nitrogens with one attached hydrogen (secondary N) is 2. The van der Waals surface area contributed by atoms with E-state index < -0.39 is 0 Å². The zero-order valence-electron chi connectivity index (χ0n) is 8.72. The molecule has 0 saturated carbocycles. The second-order valence-corrected chi connectivity index (χ2v) is 3.61. The van der Waals surface area contributed by atoms with Crippen molar-refractivity contribution in [3.05, 3.63) is 35.5 Å². The highest BCUT2D eigenvalue weighted by Gasteiger charge is 2.01. The van der Waals surface area contributed by atoms with Gasteiger partial charge in [-0.05, 0) is 31.2 Å². The van der Waals surface area contributed by atoms with Crippen molar-refractivity contribution in [1.82, 2.24) is 10.3 Å². The van der Waals surface area contributed by atoms with Crippen molar-refractivity contribution >= 4 is 10.9 Å². The van der Waals surface area contributed by atoms with E-state index in [1.54, 1.807) is 0 Å². The van der Waals surface area contributed by atoms with Gasteiger partial charge in [-0.15, -0.1) is 0 Å². The molecule has 2 aromatic rings. The highest BCUT2D eigenvalue weighted by Crippen LogP contribution is 2.18. The fourth-order valence-electron chi connectivity index (χ4n) is 1.72. The summed E-state index contributed by atoms with van der Waals surface area (Å²) in [4.78, 5) is 3.41. The molecule has 0 bridgehead atoms.